The van der Waals surface area contributed by atoms with E-state index in [2.05, 4.69) is 12.2 Å². The van der Waals surface area contributed by atoms with Crippen molar-refractivity contribution in [3.05, 3.63) is 0 Å². The fraction of sp³-hybridized carbons (Fsp3) is 0.900. The van der Waals surface area contributed by atoms with Crippen LogP contribution in [0.1, 0.15) is 33.6 Å². The number of carbonyl (C=O) groups is 1. The van der Waals surface area contributed by atoms with Gasteiger partial charge in [-0.1, -0.05) is 13.8 Å². The van der Waals surface area contributed by atoms with Gasteiger partial charge in [0.25, 0.3) is 0 Å². The molecule has 0 aromatic heterocycles. The van der Waals surface area contributed by atoms with Crippen molar-refractivity contribution in [3.8, 4) is 0 Å². The first kappa shape index (κ1) is 13.8. The summed E-state index contributed by atoms with van der Waals surface area (Å²) in [5.74, 6) is 0.906. The number of hydrogen-bond acceptors (Lipinski definition) is 3. The van der Waals surface area contributed by atoms with Crippen molar-refractivity contribution in [2.45, 2.75) is 45.2 Å². The van der Waals surface area contributed by atoms with E-state index in [1.54, 1.807) is 18.7 Å². The zero-order valence-electron chi connectivity index (χ0n) is 9.59. The van der Waals surface area contributed by atoms with Crippen LogP contribution in [0.5, 0.6) is 0 Å². The predicted molar refractivity (Wildman–Crippen MR) is 63.5 cm³/mol. The van der Waals surface area contributed by atoms with Crippen molar-refractivity contribution in [1.82, 2.24) is 5.32 Å². The predicted octanol–water partition coefficient (Wildman–Crippen LogP) is 1.37. The van der Waals surface area contributed by atoms with Crippen molar-refractivity contribution >= 4 is 17.7 Å². The molecule has 1 amide bonds. The van der Waals surface area contributed by atoms with Crippen LogP contribution in [-0.4, -0.2) is 29.5 Å². The van der Waals surface area contributed by atoms with E-state index in [0.717, 1.165) is 12.2 Å². The quantitative estimate of drug-likeness (QED) is 0.708. The molecule has 0 aliphatic heterocycles. The Balaban J connectivity index is 4.15. The Kier molecular flexibility index (Phi) is 6.20. The van der Waals surface area contributed by atoms with Crippen LogP contribution in [0.2, 0.25) is 0 Å². The molecule has 0 bridgehead atoms. The molecule has 0 aliphatic rings. The molecule has 0 saturated carbocycles. The Morgan fingerprint density at radius 1 is 1.57 bits per heavy atom. The summed E-state index contributed by atoms with van der Waals surface area (Å²) in [4.78, 5) is 11.7. The third kappa shape index (κ3) is 4.33. The van der Waals surface area contributed by atoms with Crippen LogP contribution >= 0.6 is 11.8 Å². The van der Waals surface area contributed by atoms with Crippen LogP contribution in [-0.2, 0) is 4.79 Å². The lowest BCUT2D eigenvalue weighted by atomic mass is 9.99. The van der Waals surface area contributed by atoms with E-state index in [0.29, 0.717) is 6.42 Å². The molecule has 4 heteroatoms. The zero-order valence-corrected chi connectivity index (χ0v) is 10.4. The van der Waals surface area contributed by atoms with E-state index in [1.165, 1.54) is 0 Å². The third-order valence-corrected chi connectivity index (χ3v) is 3.18. The number of rotatable bonds is 6. The topological polar surface area (TPSA) is 55.1 Å². The first-order chi connectivity index (χ1) is 6.47. The van der Waals surface area contributed by atoms with Crippen molar-refractivity contribution in [2.24, 2.45) is 5.73 Å². The van der Waals surface area contributed by atoms with Gasteiger partial charge in [0, 0.05) is 11.8 Å². The third-order valence-electron chi connectivity index (χ3n) is 2.45. The minimum absolute atomic E-state index is 0.0408. The molecule has 0 saturated heterocycles. The van der Waals surface area contributed by atoms with Gasteiger partial charge >= 0.3 is 0 Å². The molecule has 2 atom stereocenters. The van der Waals surface area contributed by atoms with E-state index < -0.39 is 5.54 Å². The molecule has 0 aromatic rings. The summed E-state index contributed by atoms with van der Waals surface area (Å²) in [5, 5.41) is 2.97. The first-order valence-corrected chi connectivity index (χ1v) is 6.46. The van der Waals surface area contributed by atoms with E-state index in [4.69, 9.17) is 5.73 Å². The molecular formula is C10H22N2OS. The van der Waals surface area contributed by atoms with Crippen LogP contribution in [0.3, 0.4) is 0 Å². The van der Waals surface area contributed by atoms with Gasteiger partial charge in [0.15, 0.2) is 0 Å². The highest BCUT2D eigenvalue weighted by molar-refractivity contribution is 7.98. The summed E-state index contributed by atoms with van der Waals surface area (Å²) < 4.78 is 0. The SMILES string of the molecule is CCC(CSC)NC(=O)C(C)(N)CC. The Morgan fingerprint density at radius 3 is 2.50 bits per heavy atom. The first-order valence-electron chi connectivity index (χ1n) is 5.06. The van der Waals surface area contributed by atoms with Gasteiger partial charge in [-0.05, 0) is 26.0 Å². The van der Waals surface area contributed by atoms with Gasteiger partial charge in [-0.3, -0.25) is 4.79 Å². The number of hydrogen-bond donors (Lipinski definition) is 2. The van der Waals surface area contributed by atoms with Crippen molar-refractivity contribution in [1.29, 1.82) is 0 Å². The highest BCUT2D eigenvalue weighted by atomic mass is 32.2. The standard InChI is InChI=1S/C10H22N2OS/c1-5-8(7-14-4)12-9(13)10(3,11)6-2/h8H,5-7,11H2,1-4H3,(H,12,13). The molecule has 3 N–H and O–H groups in total. The van der Waals surface area contributed by atoms with Gasteiger partial charge in [-0.25, -0.2) is 0 Å². The van der Waals surface area contributed by atoms with E-state index in [9.17, 15) is 4.79 Å². The summed E-state index contributed by atoms with van der Waals surface area (Å²) in [6, 6.07) is 0.243. The zero-order chi connectivity index (χ0) is 11.2. The molecule has 2 unspecified atom stereocenters. The Morgan fingerprint density at radius 2 is 2.14 bits per heavy atom. The average molecular weight is 218 g/mol. The summed E-state index contributed by atoms with van der Waals surface area (Å²) >= 11 is 1.74. The highest BCUT2D eigenvalue weighted by Gasteiger charge is 2.27. The minimum atomic E-state index is -0.730. The van der Waals surface area contributed by atoms with Crippen LogP contribution in [0.15, 0.2) is 0 Å². The molecule has 0 heterocycles. The summed E-state index contributed by atoms with van der Waals surface area (Å²) in [6.45, 7) is 5.77. The van der Waals surface area contributed by atoms with Gasteiger partial charge in [0.05, 0.1) is 5.54 Å². The molecule has 3 nitrogen and oxygen atoms in total. The number of carbonyl (C=O) groups excluding carboxylic acids is 1. The molecule has 0 rings (SSSR count). The van der Waals surface area contributed by atoms with E-state index in [-0.39, 0.29) is 11.9 Å². The van der Waals surface area contributed by atoms with Crippen molar-refractivity contribution in [3.63, 3.8) is 0 Å². The monoisotopic (exact) mass is 218 g/mol. The number of thioether (sulfide) groups is 1. The second kappa shape index (κ2) is 6.30. The summed E-state index contributed by atoms with van der Waals surface area (Å²) in [7, 11) is 0. The lowest BCUT2D eigenvalue weighted by molar-refractivity contribution is -0.126. The molecule has 0 fully saturated rings. The number of nitrogens with two attached hydrogens (primary N) is 1. The van der Waals surface area contributed by atoms with Gasteiger partial charge in [-0.2, -0.15) is 11.8 Å². The Labute approximate surface area is 91.2 Å². The Bertz CT molecular complexity index is 183. The molecule has 0 spiro atoms. The number of nitrogens with one attached hydrogen (secondary N) is 1. The molecule has 0 aromatic carbocycles. The highest BCUT2D eigenvalue weighted by Crippen LogP contribution is 2.07. The van der Waals surface area contributed by atoms with E-state index >= 15 is 0 Å². The minimum Gasteiger partial charge on any atom is -0.351 e. The fourth-order valence-corrected chi connectivity index (χ4v) is 1.69. The summed E-state index contributed by atoms with van der Waals surface area (Å²) in [6.07, 6.45) is 3.65. The fourth-order valence-electron chi connectivity index (χ4n) is 0.974. The lowest BCUT2D eigenvalue weighted by Gasteiger charge is -2.25. The summed E-state index contributed by atoms with van der Waals surface area (Å²) in [5.41, 5.74) is 5.11. The normalized spacial score (nSPS) is 17.2. The molecule has 14 heavy (non-hydrogen) atoms. The maximum absolute atomic E-state index is 11.7. The smallest absolute Gasteiger partial charge is 0.240 e. The van der Waals surface area contributed by atoms with Crippen LogP contribution in [0, 0.1) is 0 Å². The average Bonchev–Trinajstić information content (AvgIpc) is 2.16. The molecule has 0 aliphatic carbocycles. The van der Waals surface area contributed by atoms with Gasteiger partial charge < -0.3 is 11.1 Å². The second-order valence-corrected chi connectivity index (χ2v) is 4.72. The van der Waals surface area contributed by atoms with E-state index in [1.807, 2.05) is 13.2 Å². The maximum atomic E-state index is 11.7. The number of amides is 1. The van der Waals surface area contributed by atoms with Gasteiger partial charge in [0.2, 0.25) is 5.91 Å². The van der Waals surface area contributed by atoms with Crippen LogP contribution in [0.4, 0.5) is 0 Å². The van der Waals surface area contributed by atoms with Crippen molar-refractivity contribution in [2.75, 3.05) is 12.0 Å². The Hall–Kier alpha value is -0.220. The lowest BCUT2D eigenvalue weighted by Crippen LogP contribution is -2.54. The second-order valence-electron chi connectivity index (χ2n) is 3.80. The largest absolute Gasteiger partial charge is 0.351 e. The van der Waals surface area contributed by atoms with Gasteiger partial charge in [-0.15, -0.1) is 0 Å². The van der Waals surface area contributed by atoms with Crippen molar-refractivity contribution < 1.29 is 4.79 Å². The maximum Gasteiger partial charge on any atom is 0.240 e. The van der Waals surface area contributed by atoms with Crippen LogP contribution in [0.25, 0.3) is 0 Å². The van der Waals surface area contributed by atoms with Gasteiger partial charge in [0.1, 0.15) is 0 Å². The molecule has 0 radical (unpaired) electrons. The molecular weight excluding hydrogens is 196 g/mol. The van der Waals surface area contributed by atoms with Crippen LogP contribution < -0.4 is 11.1 Å². The molecule has 84 valence electrons.